The summed E-state index contributed by atoms with van der Waals surface area (Å²) < 4.78 is 23.1. The van der Waals surface area contributed by atoms with Crippen LogP contribution in [0.3, 0.4) is 0 Å². The summed E-state index contributed by atoms with van der Waals surface area (Å²) in [7, 11) is 0. The summed E-state index contributed by atoms with van der Waals surface area (Å²) in [6.07, 6.45) is 3.91. The number of rotatable bonds is 6. The Morgan fingerprint density at radius 1 is 1.20 bits per heavy atom. The van der Waals surface area contributed by atoms with Crippen LogP contribution >= 0.6 is 11.5 Å². The number of halogens is 1. The fourth-order valence-corrected chi connectivity index (χ4v) is 4.12. The fourth-order valence-electron chi connectivity index (χ4n) is 3.69. The Kier molecular flexibility index (Phi) is 5.89. The van der Waals surface area contributed by atoms with Crippen molar-refractivity contribution in [2.45, 2.75) is 44.7 Å². The molecule has 1 saturated carbocycles. The van der Waals surface area contributed by atoms with Gasteiger partial charge in [-0.15, -0.1) is 5.10 Å². The van der Waals surface area contributed by atoms with Crippen molar-refractivity contribution in [3.63, 3.8) is 0 Å². The number of aryl methyl sites for hydroxylation is 1. The van der Waals surface area contributed by atoms with Crippen LogP contribution < -0.4 is 10.2 Å². The Hall–Kier alpha value is -3.07. The summed E-state index contributed by atoms with van der Waals surface area (Å²) >= 11 is 1.04. The van der Waals surface area contributed by atoms with E-state index in [0.29, 0.717) is 17.2 Å². The number of nitrogens with one attached hydrogen (secondary N) is 1. The van der Waals surface area contributed by atoms with Gasteiger partial charge in [0.15, 0.2) is 11.7 Å². The van der Waals surface area contributed by atoms with E-state index in [9.17, 15) is 14.0 Å². The van der Waals surface area contributed by atoms with Crippen molar-refractivity contribution in [1.82, 2.24) is 14.9 Å². The molecule has 0 radical (unpaired) electrons. The number of carbonyl (C=O) groups excluding carboxylic acids is 2. The smallest absolute Gasteiger partial charge is 0.280 e. The minimum Gasteiger partial charge on any atom is -0.464 e. The van der Waals surface area contributed by atoms with E-state index < -0.39 is 17.8 Å². The third-order valence-corrected chi connectivity index (χ3v) is 5.65. The van der Waals surface area contributed by atoms with Crippen molar-refractivity contribution in [3.05, 3.63) is 64.8 Å². The van der Waals surface area contributed by atoms with Gasteiger partial charge in [0.25, 0.3) is 11.8 Å². The molecule has 1 fully saturated rings. The zero-order valence-electron chi connectivity index (χ0n) is 16.4. The Morgan fingerprint density at radius 3 is 2.53 bits per heavy atom. The van der Waals surface area contributed by atoms with Gasteiger partial charge in [-0.25, -0.2) is 4.39 Å². The molecule has 3 aromatic rings. The summed E-state index contributed by atoms with van der Waals surface area (Å²) in [5.41, 5.74) is 0.460. The molecule has 30 heavy (non-hydrogen) atoms. The normalized spacial score (nSPS) is 15.1. The first-order valence-electron chi connectivity index (χ1n) is 9.76. The van der Waals surface area contributed by atoms with Gasteiger partial charge in [-0.3, -0.25) is 14.5 Å². The van der Waals surface area contributed by atoms with Crippen LogP contribution in [0.5, 0.6) is 0 Å². The molecule has 4 rings (SSSR count). The highest BCUT2D eigenvalue weighted by atomic mass is 32.1. The molecule has 0 saturated heterocycles. The highest BCUT2D eigenvalue weighted by molar-refractivity contribution is 7.03. The van der Waals surface area contributed by atoms with Crippen LogP contribution in [0.4, 0.5) is 10.1 Å². The van der Waals surface area contributed by atoms with E-state index in [1.54, 1.807) is 19.1 Å². The number of nitrogens with zero attached hydrogens (tertiary/aromatic N) is 3. The molecule has 1 aliphatic carbocycles. The highest BCUT2D eigenvalue weighted by Crippen LogP contribution is 2.31. The highest BCUT2D eigenvalue weighted by Gasteiger charge is 2.37. The second-order valence-corrected chi connectivity index (χ2v) is 7.89. The topological polar surface area (TPSA) is 88.3 Å². The maximum Gasteiger partial charge on any atom is 0.280 e. The quantitative estimate of drug-likeness (QED) is 0.641. The predicted molar refractivity (Wildman–Crippen MR) is 110 cm³/mol. The van der Waals surface area contributed by atoms with Gasteiger partial charge in [-0.1, -0.05) is 17.3 Å². The molecule has 1 atom stereocenters. The molecule has 0 bridgehead atoms. The van der Waals surface area contributed by atoms with Crippen LogP contribution in [0.15, 0.2) is 46.2 Å². The lowest BCUT2D eigenvalue weighted by molar-refractivity contribution is -0.123. The van der Waals surface area contributed by atoms with Gasteiger partial charge in [-0.2, -0.15) is 0 Å². The number of amides is 2. The number of hydrogen-bond acceptors (Lipinski definition) is 6. The Bertz CT molecular complexity index is 1010. The van der Waals surface area contributed by atoms with Crippen LogP contribution in [-0.4, -0.2) is 27.4 Å². The van der Waals surface area contributed by atoms with Gasteiger partial charge in [0.1, 0.15) is 17.3 Å². The molecule has 0 aliphatic heterocycles. The van der Waals surface area contributed by atoms with E-state index in [0.717, 1.165) is 37.2 Å². The molecule has 0 spiro atoms. The fraction of sp³-hybridized carbons (Fsp3) is 0.333. The number of benzene rings is 1. The molecule has 7 nitrogen and oxygen atoms in total. The molecule has 1 unspecified atom stereocenters. The molecule has 1 N–H and O–H groups in total. The predicted octanol–water partition coefficient (Wildman–Crippen LogP) is 4.03. The van der Waals surface area contributed by atoms with E-state index in [4.69, 9.17) is 4.42 Å². The van der Waals surface area contributed by atoms with Gasteiger partial charge in [0, 0.05) is 17.1 Å². The van der Waals surface area contributed by atoms with E-state index in [1.807, 2.05) is 0 Å². The number of hydrogen-bond donors (Lipinski definition) is 1. The Labute approximate surface area is 177 Å². The van der Waals surface area contributed by atoms with Crippen molar-refractivity contribution in [1.29, 1.82) is 0 Å². The summed E-state index contributed by atoms with van der Waals surface area (Å²) in [6.45, 7) is 1.77. The van der Waals surface area contributed by atoms with Gasteiger partial charge in [-0.05, 0) is 67.7 Å². The van der Waals surface area contributed by atoms with Crippen molar-refractivity contribution in [2.24, 2.45) is 0 Å². The minimum atomic E-state index is -1.07. The molecule has 1 aliphatic rings. The molecule has 156 valence electrons. The zero-order chi connectivity index (χ0) is 21.1. The zero-order valence-corrected chi connectivity index (χ0v) is 17.2. The maximum absolute atomic E-state index is 13.6. The van der Waals surface area contributed by atoms with Gasteiger partial charge in [0.2, 0.25) is 0 Å². The first-order chi connectivity index (χ1) is 14.5. The van der Waals surface area contributed by atoms with Gasteiger partial charge in [0.05, 0.1) is 0 Å². The largest absolute Gasteiger partial charge is 0.464 e. The molecule has 2 heterocycles. The lowest BCUT2D eigenvalue weighted by Gasteiger charge is -2.30. The van der Waals surface area contributed by atoms with Gasteiger partial charge < -0.3 is 9.73 Å². The number of carbonyl (C=O) groups is 2. The summed E-state index contributed by atoms with van der Waals surface area (Å²) in [5, 5.41) is 8.43. The SMILES string of the molecule is Cc1ccc(C(C(=O)NC2CCCC2)N(C(=O)c2csnn2)c2ccc(F)cc2)o1. The molecule has 9 heteroatoms. The third kappa shape index (κ3) is 4.25. The average Bonchev–Trinajstić information content (AvgIpc) is 3.49. The van der Waals surface area contributed by atoms with Crippen LogP contribution in [0, 0.1) is 12.7 Å². The van der Waals surface area contributed by atoms with E-state index in [2.05, 4.69) is 14.9 Å². The second-order valence-electron chi connectivity index (χ2n) is 7.28. The van der Waals surface area contributed by atoms with Crippen LogP contribution in [-0.2, 0) is 4.79 Å². The number of anilines is 1. The van der Waals surface area contributed by atoms with Crippen molar-refractivity contribution < 1.29 is 18.4 Å². The maximum atomic E-state index is 13.6. The van der Waals surface area contributed by atoms with Crippen molar-refractivity contribution in [2.75, 3.05) is 4.90 Å². The summed E-state index contributed by atoms with van der Waals surface area (Å²) in [6, 6.07) is 7.81. The van der Waals surface area contributed by atoms with Crippen molar-refractivity contribution in [3.8, 4) is 0 Å². The summed E-state index contributed by atoms with van der Waals surface area (Å²) in [4.78, 5) is 28.1. The van der Waals surface area contributed by atoms with Crippen LogP contribution in [0.1, 0.15) is 53.7 Å². The van der Waals surface area contributed by atoms with Crippen molar-refractivity contribution >= 4 is 29.0 Å². The standard InChI is InChI=1S/C21H21FN4O3S/c1-13-6-11-18(29-13)19(20(27)23-15-4-2-3-5-15)26(16-9-7-14(22)8-10-16)21(28)17-12-30-25-24-17/h6-12,15,19H,2-5H2,1H3,(H,23,27). The van der Waals surface area contributed by atoms with Gasteiger partial charge >= 0.3 is 0 Å². The lowest BCUT2D eigenvalue weighted by Crippen LogP contribution is -2.46. The lowest BCUT2D eigenvalue weighted by atomic mass is 10.1. The molecule has 2 amide bonds. The third-order valence-electron chi connectivity index (χ3n) is 5.14. The minimum absolute atomic E-state index is 0.0576. The average molecular weight is 428 g/mol. The van der Waals surface area contributed by atoms with E-state index >= 15 is 0 Å². The Morgan fingerprint density at radius 2 is 1.93 bits per heavy atom. The van der Waals surface area contributed by atoms with E-state index in [-0.39, 0.29) is 17.6 Å². The Balaban J connectivity index is 1.78. The van der Waals surface area contributed by atoms with E-state index in [1.165, 1.54) is 34.5 Å². The van der Waals surface area contributed by atoms with Crippen LogP contribution in [0.2, 0.25) is 0 Å². The first-order valence-corrected chi connectivity index (χ1v) is 10.6. The summed E-state index contributed by atoms with van der Waals surface area (Å²) in [5.74, 6) is -0.371. The molecule has 1 aromatic carbocycles. The first kappa shape index (κ1) is 20.2. The van der Waals surface area contributed by atoms with Crippen LogP contribution in [0.25, 0.3) is 0 Å². The number of aromatic nitrogens is 2. The monoisotopic (exact) mass is 428 g/mol. The molecular formula is C21H21FN4O3S. The number of furan rings is 1. The molecular weight excluding hydrogens is 407 g/mol. The molecule has 2 aromatic heterocycles. The second kappa shape index (κ2) is 8.74.